The average Bonchev–Trinajstić information content (AvgIpc) is 3.19. The lowest BCUT2D eigenvalue weighted by molar-refractivity contribution is 0.0433. The Hall–Kier alpha value is -2.50. The van der Waals surface area contributed by atoms with Crippen LogP contribution in [0.15, 0.2) is 36.4 Å². The molecule has 4 heterocycles. The maximum atomic E-state index is 10.2. The molecule has 3 aliphatic rings. The number of aromatic hydroxyl groups is 2. The molecule has 0 spiro atoms. The number of nitrogens with one attached hydrogen (secondary N) is 2. The van der Waals surface area contributed by atoms with Crippen LogP contribution in [0.5, 0.6) is 11.5 Å². The second-order valence-corrected chi connectivity index (χ2v) is 10.0. The zero-order chi connectivity index (χ0) is 21.8. The van der Waals surface area contributed by atoms with E-state index in [2.05, 4.69) is 46.4 Å². The van der Waals surface area contributed by atoms with Crippen molar-refractivity contribution in [2.24, 2.45) is 11.8 Å². The van der Waals surface area contributed by atoms with E-state index in [1.54, 1.807) is 6.07 Å². The third kappa shape index (κ3) is 3.22. The molecule has 4 atom stereocenters. The Bertz CT molecular complexity index is 1150. The van der Waals surface area contributed by atoms with Crippen molar-refractivity contribution in [1.82, 2.24) is 15.2 Å². The van der Waals surface area contributed by atoms with Crippen LogP contribution in [0.25, 0.3) is 10.9 Å². The summed E-state index contributed by atoms with van der Waals surface area (Å²) in [5.41, 5.74) is 6.56. The normalized spacial score (nSPS) is 27.7. The van der Waals surface area contributed by atoms with Crippen LogP contribution in [0.3, 0.4) is 0 Å². The summed E-state index contributed by atoms with van der Waals surface area (Å²) in [4.78, 5) is 6.36. The van der Waals surface area contributed by atoms with Gasteiger partial charge in [-0.3, -0.25) is 4.90 Å². The van der Waals surface area contributed by atoms with Gasteiger partial charge in [-0.15, -0.1) is 0 Å². The molecule has 1 saturated heterocycles. The molecule has 5 nitrogen and oxygen atoms in total. The number of aromatic nitrogens is 1. The monoisotopic (exact) mass is 431 g/mol. The molecular formula is C27H33N3O2. The van der Waals surface area contributed by atoms with Gasteiger partial charge in [0.05, 0.1) is 0 Å². The molecule has 0 bridgehead atoms. The number of piperidine rings is 1. The lowest BCUT2D eigenvalue weighted by Crippen LogP contribution is -2.46. The SMILES string of the molecule is CC[C@H]1CN2CCc3cc(O)c(O)cc3C2C[C@@H]1C[C@H]1NCCc2c1[nH]c1ccccc21. The molecule has 0 aliphatic carbocycles. The molecular weight excluding hydrogens is 398 g/mol. The van der Waals surface area contributed by atoms with Crippen LogP contribution in [0, 0.1) is 11.8 Å². The second kappa shape index (κ2) is 7.82. The highest BCUT2D eigenvalue weighted by Gasteiger charge is 2.40. The van der Waals surface area contributed by atoms with Crippen LogP contribution in [0.2, 0.25) is 0 Å². The topological polar surface area (TPSA) is 71.5 Å². The molecule has 0 radical (unpaired) electrons. The number of para-hydroxylation sites is 1. The van der Waals surface area contributed by atoms with E-state index in [0.717, 1.165) is 45.3 Å². The first-order valence-corrected chi connectivity index (χ1v) is 12.2. The summed E-state index contributed by atoms with van der Waals surface area (Å²) in [5, 5.41) is 25.4. The van der Waals surface area contributed by atoms with E-state index in [9.17, 15) is 10.2 Å². The molecule has 168 valence electrons. The smallest absolute Gasteiger partial charge is 0.157 e. The highest BCUT2D eigenvalue weighted by molar-refractivity contribution is 5.85. The van der Waals surface area contributed by atoms with Gasteiger partial charge in [0.15, 0.2) is 11.5 Å². The Morgan fingerprint density at radius 2 is 1.91 bits per heavy atom. The lowest BCUT2D eigenvalue weighted by atomic mass is 9.73. The number of rotatable bonds is 3. The van der Waals surface area contributed by atoms with E-state index in [1.165, 1.54) is 39.7 Å². The molecule has 1 fully saturated rings. The minimum atomic E-state index is 0.00809. The van der Waals surface area contributed by atoms with E-state index in [1.807, 2.05) is 6.07 Å². The largest absolute Gasteiger partial charge is 0.504 e. The lowest BCUT2D eigenvalue weighted by Gasteiger charge is -2.48. The molecule has 1 unspecified atom stereocenters. The molecule has 32 heavy (non-hydrogen) atoms. The molecule has 3 aromatic rings. The number of hydrogen-bond donors (Lipinski definition) is 4. The number of benzene rings is 2. The van der Waals surface area contributed by atoms with Crippen LogP contribution < -0.4 is 5.32 Å². The minimum Gasteiger partial charge on any atom is -0.504 e. The summed E-state index contributed by atoms with van der Waals surface area (Å²) in [5.74, 6) is 1.33. The van der Waals surface area contributed by atoms with E-state index >= 15 is 0 Å². The van der Waals surface area contributed by atoms with Gasteiger partial charge in [-0.25, -0.2) is 0 Å². The fourth-order valence-electron chi connectivity index (χ4n) is 6.72. The van der Waals surface area contributed by atoms with Crippen molar-refractivity contribution in [2.45, 2.75) is 51.1 Å². The van der Waals surface area contributed by atoms with Gasteiger partial charge in [0.2, 0.25) is 0 Å². The van der Waals surface area contributed by atoms with E-state index in [0.29, 0.717) is 23.9 Å². The zero-order valence-electron chi connectivity index (χ0n) is 18.8. The first-order valence-electron chi connectivity index (χ1n) is 12.2. The van der Waals surface area contributed by atoms with Crippen LogP contribution in [-0.2, 0) is 12.8 Å². The van der Waals surface area contributed by atoms with Crippen molar-refractivity contribution < 1.29 is 10.2 Å². The fraction of sp³-hybridized carbons (Fsp3) is 0.481. The second-order valence-electron chi connectivity index (χ2n) is 10.0. The van der Waals surface area contributed by atoms with Gasteiger partial charge in [-0.1, -0.05) is 31.5 Å². The summed E-state index contributed by atoms with van der Waals surface area (Å²) < 4.78 is 0. The van der Waals surface area contributed by atoms with Crippen LogP contribution in [0.4, 0.5) is 0 Å². The van der Waals surface area contributed by atoms with Gasteiger partial charge < -0.3 is 20.5 Å². The zero-order valence-corrected chi connectivity index (χ0v) is 18.8. The minimum absolute atomic E-state index is 0.00809. The number of phenols is 2. The van der Waals surface area contributed by atoms with Crippen molar-refractivity contribution in [3.05, 3.63) is 58.8 Å². The van der Waals surface area contributed by atoms with Gasteiger partial charge in [0, 0.05) is 41.8 Å². The highest BCUT2D eigenvalue weighted by atomic mass is 16.3. The standard InChI is InChI=1S/C27H33N3O2/c1-2-16-15-30-10-8-17-13-25(31)26(32)14-21(17)24(30)12-18(16)11-23-27-20(7-9-28-23)19-5-3-4-6-22(19)29-27/h3-6,13-14,16,18,23-24,28-29,31-32H,2,7-12,15H2,1H3/t16-,18-,23+,24?/m0/s1. The molecule has 2 aromatic carbocycles. The number of nitrogens with zero attached hydrogens (tertiary/aromatic N) is 1. The fourth-order valence-corrected chi connectivity index (χ4v) is 6.72. The van der Waals surface area contributed by atoms with Crippen LogP contribution in [0.1, 0.15) is 60.7 Å². The Labute approximate surface area is 189 Å². The predicted octanol–water partition coefficient (Wildman–Crippen LogP) is 4.80. The predicted molar refractivity (Wildman–Crippen MR) is 127 cm³/mol. The molecule has 6 rings (SSSR count). The Balaban J connectivity index is 1.30. The Morgan fingerprint density at radius 1 is 1.06 bits per heavy atom. The molecule has 1 aromatic heterocycles. The van der Waals surface area contributed by atoms with Crippen molar-refractivity contribution in [2.75, 3.05) is 19.6 Å². The van der Waals surface area contributed by atoms with Gasteiger partial charge >= 0.3 is 0 Å². The quantitative estimate of drug-likeness (QED) is 0.450. The summed E-state index contributed by atoms with van der Waals surface area (Å²) >= 11 is 0. The maximum Gasteiger partial charge on any atom is 0.157 e. The van der Waals surface area contributed by atoms with E-state index in [-0.39, 0.29) is 11.5 Å². The van der Waals surface area contributed by atoms with E-state index < -0.39 is 0 Å². The number of aromatic amines is 1. The van der Waals surface area contributed by atoms with E-state index in [4.69, 9.17) is 0 Å². The van der Waals surface area contributed by atoms with Gasteiger partial charge in [-0.2, -0.15) is 0 Å². The van der Waals surface area contributed by atoms with Crippen molar-refractivity contribution >= 4 is 10.9 Å². The summed E-state index contributed by atoms with van der Waals surface area (Å²) in [6, 6.07) is 13.0. The first kappa shape index (κ1) is 20.1. The molecule has 0 saturated carbocycles. The van der Waals surface area contributed by atoms with Crippen molar-refractivity contribution in [3.63, 3.8) is 0 Å². The van der Waals surface area contributed by atoms with Gasteiger partial charge in [-0.05, 0) is 79.0 Å². The Kier molecular flexibility index (Phi) is 4.92. The number of hydrogen-bond acceptors (Lipinski definition) is 4. The summed E-state index contributed by atoms with van der Waals surface area (Å²) in [6.45, 7) is 5.54. The first-order chi connectivity index (χ1) is 15.6. The molecule has 0 amide bonds. The van der Waals surface area contributed by atoms with Crippen molar-refractivity contribution in [1.29, 1.82) is 0 Å². The summed E-state index contributed by atoms with van der Waals surface area (Å²) in [7, 11) is 0. The van der Waals surface area contributed by atoms with Crippen LogP contribution in [-0.4, -0.2) is 39.7 Å². The maximum absolute atomic E-state index is 10.2. The molecule has 5 heteroatoms. The third-order valence-electron chi connectivity index (χ3n) is 8.39. The third-order valence-corrected chi connectivity index (χ3v) is 8.39. The number of H-pyrrole nitrogens is 1. The van der Waals surface area contributed by atoms with Gasteiger partial charge in [0.25, 0.3) is 0 Å². The molecule has 3 aliphatic heterocycles. The number of fused-ring (bicyclic) bond motifs is 6. The van der Waals surface area contributed by atoms with Gasteiger partial charge in [0.1, 0.15) is 0 Å². The van der Waals surface area contributed by atoms with Crippen molar-refractivity contribution in [3.8, 4) is 11.5 Å². The molecule has 4 N–H and O–H groups in total. The highest BCUT2D eigenvalue weighted by Crippen LogP contribution is 2.47. The van der Waals surface area contributed by atoms with Crippen LogP contribution >= 0.6 is 0 Å². The average molecular weight is 432 g/mol. The number of phenolic OH excluding ortho intramolecular Hbond substituents is 2. The summed E-state index contributed by atoms with van der Waals surface area (Å²) in [6.07, 6.45) is 5.49. The Morgan fingerprint density at radius 3 is 2.78 bits per heavy atom.